The van der Waals surface area contributed by atoms with Crippen molar-refractivity contribution in [1.82, 2.24) is 4.57 Å². The van der Waals surface area contributed by atoms with Gasteiger partial charge in [-0.05, 0) is 42.8 Å². The van der Waals surface area contributed by atoms with Gasteiger partial charge in [-0.1, -0.05) is 17.7 Å². The Kier molecular flexibility index (Phi) is 2.08. The average Bonchev–Trinajstić information content (AvgIpc) is 3.07. The first-order valence-corrected chi connectivity index (χ1v) is 5.85. The van der Waals surface area contributed by atoms with Crippen molar-refractivity contribution in [2.45, 2.75) is 25.8 Å². The van der Waals surface area contributed by atoms with E-state index in [9.17, 15) is 4.79 Å². The molecule has 3 rings (SSSR count). The van der Waals surface area contributed by atoms with Gasteiger partial charge in [0.2, 0.25) is 0 Å². The van der Waals surface area contributed by atoms with Gasteiger partial charge in [0.05, 0.1) is 0 Å². The smallest absolute Gasteiger partial charge is 0.258 e. The van der Waals surface area contributed by atoms with E-state index in [4.69, 9.17) is 11.6 Å². The van der Waals surface area contributed by atoms with Crippen molar-refractivity contribution in [3.8, 4) is 0 Å². The summed E-state index contributed by atoms with van der Waals surface area (Å²) < 4.78 is 1.86. The summed E-state index contributed by atoms with van der Waals surface area (Å²) >= 11 is 5.94. The van der Waals surface area contributed by atoms with Gasteiger partial charge < -0.3 is 4.57 Å². The summed E-state index contributed by atoms with van der Waals surface area (Å²) in [6.07, 6.45) is 4.20. The number of nitrogens with zero attached hydrogens (tertiary/aromatic N) is 1. The maximum atomic E-state index is 12.2. The van der Waals surface area contributed by atoms with Crippen molar-refractivity contribution in [3.63, 3.8) is 0 Å². The Bertz CT molecular complexity index is 626. The Labute approximate surface area is 98.5 Å². The standard InChI is InChI=1S/C13H12ClNO/c1-8-7-15(10-3-4-10)13(16)12-6-9(14)2-5-11(8)12/h2,5-7,10H,3-4H2,1H3. The number of benzene rings is 1. The van der Waals surface area contributed by atoms with Crippen molar-refractivity contribution in [2.24, 2.45) is 0 Å². The number of rotatable bonds is 1. The number of fused-ring (bicyclic) bond motifs is 1. The molecule has 2 nitrogen and oxygen atoms in total. The fourth-order valence-electron chi connectivity index (χ4n) is 2.14. The van der Waals surface area contributed by atoms with Gasteiger partial charge in [0, 0.05) is 22.6 Å². The van der Waals surface area contributed by atoms with Crippen LogP contribution in [0, 0.1) is 6.92 Å². The Morgan fingerprint density at radius 1 is 1.31 bits per heavy atom. The molecule has 1 aliphatic rings. The van der Waals surface area contributed by atoms with Crippen molar-refractivity contribution >= 4 is 22.4 Å². The van der Waals surface area contributed by atoms with Gasteiger partial charge in [-0.25, -0.2) is 0 Å². The average molecular weight is 234 g/mol. The van der Waals surface area contributed by atoms with E-state index in [0.717, 1.165) is 29.2 Å². The van der Waals surface area contributed by atoms with Crippen molar-refractivity contribution in [2.75, 3.05) is 0 Å². The lowest BCUT2D eigenvalue weighted by molar-refractivity contribution is 0.711. The van der Waals surface area contributed by atoms with Crippen LogP contribution >= 0.6 is 11.6 Å². The molecule has 3 heteroatoms. The van der Waals surface area contributed by atoms with E-state index in [2.05, 4.69) is 0 Å². The fraction of sp³-hybridized carbons (Fsp3) is 0.308. The summed E-state index contributed by atoms with van der Waals surface area (Å²) in [4.78, 5) is 12.2. The van der Waals surface area contributed by atoms with Crippen LogP contribution in [0.25, 0.3) is 10.8 Å². The zero-order chi connectivity index (χ0) is 11.3. The molecule has 0 amide bonds. The van der Waals surface area contributed by atoms with Crippen LogP contribution in [-0.2, 0) is 0 Å². The molecule has 2 aromatic rings. The van der Waals surface area contributed by atoms with Gasteiger partial charge in [-0.3, -0.25) is 4.79 Å². The van der Waals surface area contributed by atoms with Crippen molar-refractivity contribution in [3.05, 3.63) is 45.3 Å². The van der Waals surface area contributed by atoms with Crippen LogP contribution in [0.5, 0.6) is 0 Å². The molecule has 0 bridgehead atoms. The van der Waals surface area contributed by atoms with Gasteiger partial charge in [0.1, 0.15) is 0 Å². The number of halogens is 1. The van der Waals surface area contributed by atoms with E-state index in [-0.39, 0.29) is 5.56 Å². The largest absolute Gasteiger partial charge is 0.312 e. The summed E-state index contributed by atoms with van der Waals surface area (Å²) in [7, 11) is 0. The van der Waals surface area contributed by atoms with Crippen LogP contribution in [0.3, 0.4) is 0 Å². The van der Waals surface area contributed by atoms with Gasteiger partial charge in [0.25, 0.3) is 5.56 Å². The first-order chi connectivity index (χ1) is 7.66. The molecule has 1 fully saturated rings. The molecule has 0 saturated heterocycles. The molecule has 0 atom stereocenters. The zero-order valence-corrected chi connectivity index (χ0v) is 9.79. The molecule has 1 aromatic heterocycles. The maximum absolute atomic E-state index is 12.2. The van der Waals surface area contributed by atoms with Crippen LogP contribution in [0.1, 0.15) is 24.4 Å². The summed E-state index contributed by atoms with van der Waals surface area (Å²) in [6.45, 7) is 2.04. The van der Waals surface area contributed by atoms with Crippen LogP contribution < -0.4 is 5.56 Å². The van der Waals surface area contributed by atoms with Crippen LogP contribution in [0.4, 0.5) is 0 Å². The van der Waals surface area contributed by atoms with E-state index in [1.165, 1.54) is 0 Å². The van der Waals surface area contributed by atoms with E-state index < -0.39 is 0 Å². The highest BCUT2D eigenvalue weighted by Gasteiger charge is 2.25. The minimum Gasteiger partial charge on any atom is -0.312 e. The van der Waals surface area contributed by atoms with Crippen molar-refractivity contribution < 1.29 is 0 Å². The molecule has 1 aromatic carbocycles. The molecule has 16 heavy (non-hydrogen) atoms. The summed E-state index contributed by atoms with van der Waals surface area (Å²) in [5.41, 5.74) is 1.23. The van der Waals surface area contributed by atoms with Gasteiger partial charge >= 0.3 is 0 Å². The molecule has 0 spiro atoms. The second-order valence-corrected chi connectivity index (χ2v) is 4.88. The third-order valence-electron chi connectivity index (χ3n) is 3.14. The molecule has 82 valence electrons. The summed E-state index contributed by atoms with van der Waals surface area (Å²) in [5.74, 6) is 0. The van der Waals surface area contributed by atoms with Gasteiger partial charge in [0.15, 0.2) is 0 Å². The molecule has 1 heterocycles. The van der Waals surface area contributed by atoms with E-state index in [1.807, 2.05) is 29.8 Å². The number of aromatic nitrogens is 1. The zero-order valence-electron chi connectivity index (χ0n) is 9.03. The molecule has 0 N–H and O–H groups in total. The van der Waals surface area contributed by atoms with E-state index in [1.54, 1.807) is 6.07 Å². The molecular formula is C13H12ClNO. The normalized spacial score (nSPS) is 15.6. The SMILES string of the molecule is Cc1cn(C2CC2)c(=O)c2cc(Cl)ccc12. The minimum atomic E-state index is 0.0885. The highest BCUT2D eigenvalue weighted by molar-refractivity contribution is 6.31. The quantitative estimate of drug-likeness (QED) is 0.741. The van der Waals surface area contributed by atoms with E-state index in [0.29, 0.717) is 11.1 Å². The van der Waals surface area contributed by atoms with Gasteiger partial charge in [-0.2, -0.15) is 0 Å². The predicted molar refractivity (Wildman–Crippen MR) is 66.2 cm³/mol. The summed E-state index contributed by atoms with van der Waals surface area (Å²) in [5, 5.41) is 2.36. The number of pyridine rings is 1. The molecule has 1 aliphatic carbocycles. The topological polar surface area (TPSA) is 22.0 Å². The summed E-state index contributed by atoms with van der Waals surface area (Å²) in [6, 6.07) is 5.93. The second kappa shape index (κ2) is 3.36. The Morgan fingerprint density at radius 2 is 2.06 bits per heavy atom. The van der Waals surface area contributed by atoms with Crippen LogP contribution in [-0.4, -0.2) is 4.57 Å². The maximum Gasteiger partial charge on any atom is 0.258 e. The first-order valence-electron chi connectivity index (χ1n) is 5.48. The first kappa shape index (κ1) is 9.91. The number of hydrogen-bond donors (Lipinski definition) is 0. The molecule has 0 radical (unpaired) electrons. The monoisotopic (exact) mass is 233 g/mol. The molecule has 1 saturated carbocycles. The Hall–Kier alpha value is -1.28. The lowest BCUT2D eigenvalue weighted by Crippen LogP contribution is -2.19. The Balaban J connectivity index is 2.41. The lowest BCUT2D eigenvalue weighted by Gasteiger charge is -2.08. The highest BCUT2D eigenvalue weighted by atomic mass is 35.5. The van der Waals surface area contributed by atoms with Gasteiger partial charge in [-0.15, -0.1) is 0 Å². The predicted octanol–water partition coefficient (Wildman–Crippen LogP) is 3.30. The third kappa shape index (κ3) is 1.45. The number of hydrogen-bond acceptors (Lipinski definition) is 1. The lowest BCUT2D eigenvalue weighted by atomic mass is 10.1. The van der Waals surface area contributed by atoms with Crippen molar-refractivity contribution in [1.29, 1.82) is 0 Å². The second-order valence-electron chi connectivity index (χ2n) is 4.45. The van der Waals surface area contributed by atoms with E-state index >= 15 is 0 Å². The minimum absolute atomic E-state index is 0.0885. The molecule has 0 aliphatic heterocycles. The van der Waals surface area contributed by atoms with Crippen LogP contribution in [0.2, 0.25) is 5.02 Å². The third-order valence-corrected chi connectivity index (χ3v) is 3.38. The highest BCUT2D eigenvalue weighted by Crippen LogP contribution is 2.34. The fourth-order valence-corrected chi connectivity index (χ4v) is 2.31. The van der Waals surface area contributed by atoms with Crippen LogP contribution in [0.15, 0.2) is 29.2 Å². The Morgan fingerprint density at radius 3 is 2.75 bits per heavy atom. The molecular weight excluding hydrogens is 222 g/mol. The molecule has 0 unspecified atom stereocenters. The number of aryl methyl sites for hydroxylation is 1.